The number of hydrogen-bond acceptors (Lipinski definition) is 6. The predicted molar refractivity (Wildman–Crippen MR) is 274 cm³/mol. The van der Waals surface area contributed by atoms with Gasteiger partial charge in [-0.05, 0) is 170 Å². The Kier molecular flexibility index (Phi) is 18.3. The van der Waals surface area contributed by atoms with Crippen molar-refractivity contribution in [3.05, 3.63) is 36.4 Å². The maximum atomic E-state index is 14.5. The smallest absolute Gasteiger partial charge is 0.227 e. The molecular weight excluding hydrogens is 829 g/mol. The maximum Gasteiger partial charge on any atom is 0.227 e. The molecular formula is C54H81N6O6. The number of rotatable bonds is 21. The number of amides is 3. The average molecular weight is 910 g/mol. The molecule has 3 radical (unpaired) electrons. The van der Waals surface area contributed by atoms with Gasteiger partial charge in [-0.3, -0.25) is 14.4 Å². The number of nitrogens with zero attached hydrogens (tertiary/aromatic N) is 3. The molecule has 363 valence electrons. The molecule has 0 heterocycles. The zero-order valence-corrected chi connectivity index (χ0v) is 43.0. The lowest BCUT2D eigenvalue weighted by Crippen LogP contribution is -2.38. The number of anilines is 6. The van der Waals surface area contributed by atoms with Gasteiger partial charge < -0.3 is 16.0 Å². The topological polar surface area (TPSA) is 157 Å². The quantitative estimate of drug-likeness (QED) is 0.0558. The van der Waals surface area contributed by atoms with Crippen molar-refractivity contribution in [2.75, 3.05) is 31.1 Å². The third kappa shape index (κ3) is 12.5. The Balaban J connectivity index is 2.31. The van der Waals surface area contributed by atoms with Crippen LogP contribution in [0.4, 0.5) is 34.1 Å². The normalized spacial score (nSPS) is 13.7. The molecule has 0 spiro atoms. The summed E-state index contributed by atoms with van der Waals surface area (Å²) in [6, 6.07) is 10.8. The molecule has 3 amide bonds. The Bertz CT molecular complexity index is 2040. The first kappa shape index (κ1) is 54.0. The van der Waals surface area contributed by atoms with Crippen LogP contribution in [-0.2, 0) is 30.0 Å². The molecule has 0 aliphatic rings. The lowest BCUT2D eigenvalue weighted by atomic mass is 9.90. The van der Waals surface area contributed by atoms with Gasteiger partial charge in [0.1, 0.15) is 0 Å². The van der Waals surface area contributed by atoms with E-state index in [9.17, 15) is 30.0 Å². The van der Waals surface area contributed by atoms with Crippen LogP contribution in [0.2, 0.25) is 0 Å². The second-order valence-corrected chi connectivity index (χ2v) is 21.4. The van der Waals surface area contributed by atoms with E-state index in [0.717, 1.165) is 53.7 Å². The van der Waals surface area contributed by atoms with E-state index < -0.39 is 16.6 Å². The Hall–Kier alpha value is -4.65. The number of unbranched alkanes of at least 4 members (excludes halogenated alkanes) is 3. The molecule has 3 atom stereocenters. The zero-order valence-electron chi connectivity index (χ0n) is 43.0. The first-order valence-electron chi connectivity index (χ1n) is 24.8. The molecule has 12 nitrogen and oxygen atoms in total. The van der Waals surface area contributed by atoms with Gasteiger partial charge in [0.15, 0.2) is 0 Å². The number of carbonyl (C=O) groups is 3. The van der Waals surface area contributed by atoms with Crippen LogP contribution in [0.5, 0.6) is 0 Å². The summed E-state index contributed by atoms with van der Waals surface area (Å²) in [6.07, 6.45) is 9.48. The fraction of sp³-hybridized carbons (Fsp3) is 0.611. The Morgan fingerprint density at radius 1 is 0.409 bits per heavy atom. The molecule has 4 aromatic rings. The molecule has 0 saturated carbocycles. The number of hydroxylamine groups is 3. The minimum Gasteiger partial charge on any atom is -0.324 e. The average Bonchev–Trinajstić information content (AvgIpc) is 3.25. The number of hydrogen-bond donors (Lipinski definition) is 3. The van der Waals surface area contributed by atoms with Crippen molar-refractivity contribution in [3.8, 4) is 0 Å². The summed E-state index contributed by atoms with van der Waals surface area (Å²) in [6.45, 7) is 28.5. The number of benzene rings is 4. The van der Waals surface area contributed by atoms with Crippen molar-refractivity contribution < 1.29 is 30.0 Å². The molecule has 0 aliphatic heterocycles. The van der Waals surface area contributed by atoms with E-state index in [2.05, 4.69) is 36.7 Å². The van der Waals surface area contributed by atoms with Crippen LogP contribution < -0.4 is 31.1 Å². The highest BCUT2D eigenvalue weighted by molar-refractivity contribution is 6.29. The van der Waals surface area contributed by atoms with Gasteiger partial charge in [-0.15, -0.1) is 0 Å². The Morgan fingerprint density at radius 3 is 0.803 bits per heavy atom. The molecule has 12 heteroatoms. The summed E-state index contributed by atoms with van der Waals surface area (Å²) >= 11 is 0. The fourth-order valence-corrected chi connectivity index (χ4v) is 8.61. The summed E-state index contributed by atoms with van der Waals surface area (Å²) in [4.78, 5) is 42.3. The third-order valence-electron chi connectivity index (χ3n) is 12.8. The van der Waals surface area contributed by atoms with Crippen LogP contribution in [-0.4, -0.2) is 34.3 Å². The summed E-state index contributed by atoms with van der Waals surface area (Å²) in [7, 11) is 0. The highest BCUT2D eigenvalue weighted by Crippen LogP contribution is 2.48. The van der Waals surface area contributed by atoms with E-state index >= 15 is 0 Å². The van der Waals surface area contributed by atoms with E-state index in [-0.39, 0.29) is 52.5 Å². The minimum absolute atomic E-state index is 0.183. The predicted octanol–water partition coefficient (Wildman–Crippen LogP) is 14.5. The van der Waals surface area contributed by atoms with Crippen LogP contribution in [0.25, 0.3) is 32.3 Å². The monoisotopic (exact) mass is 910 g/mol. The number of fused-ring (bicyclic) bond motifs is 6. The van der Waals surface area contributed by atoms with E-state index in [1.807, 2.05) is 101 Å². The SMILES string of the molecule is CCCCC(CC)C(=O)Nc1cc2c(cc1N([O])C(C)(C)C)c1cc(NC(=O)C(CC)CCCC)c(N([O])C(C)(C)C)cc1c1cc(NC(=O)C(CC)CCCC)c(N([O])C(C)(C)C)cc21. The highest BCUT2D eigenvalue weighted by atomic mass is 16.5. The van der Waals surface area contributed by atoms with E-state index in [4.69, 9.17) is 0 Å². The van der Waals surface area contributed by atoms with Crippen LogP contribution >= 0.6 is 0 Å². The van der Waals surface area contributed by atoms with Crippen molar-refractivity contribution in [1.82, 2.24) is 0 Å². The Morgan fingerprint density at radius 2 is 0.621 bits per heavy atom. The van der Waals surface area contributed by atoms with E-state index in [1.54, 1.807) is 18.2 Å². The molecule has 4 aromatic carbocycles. The largest absolute Gasteiger partial charge is 0.324 e. The van der Waals surface area contributed by atoms with Gasteiger partial charge in [-0.2, -0.15) is 0 Å². The van der Waals surface area contributed by atoms with Gasteiger partial charge in [0.05, 0.1) is 50.7 Å². The Labute approximate surface area is 395 Å². The highest BCUT2D eigenvalue weighted by Gasteiger charge is 2.32. The van der Waals surface area contributed by atoms with Crippen molar-refractivity contribution in [2.24, 2.45) is 17.8 Å². The first-order valence-corrected chi connectivity index (χ1v) is 24.8. The molecule has 3 unspecified atom stereocenters. The van der Waals surface area contributed by atoms with Gasteiger partial charge in [-0.25, -0.2) is 15.2 Å². The van der Waals surface area contributed by atoms with Gasteiger partial charge in [-0.1, -0.05) is 95.7 Å². The van der Waals surface area contributed by atoms with Crippen LogP contribution in [0.1, 0.15) is 181 Å². The van der Waals surface area contributed by atoms with Crippen LogP contribution in [0.15, 0.2) is 36.4 Å². The van der Waals surface area contributed by atoms with E-state index in [0.29, 0.717) is 87.9 Å². The maximum absolute atomic E-state index is 14.5. The molecule has 0 saturated heterocycles. The van der Waals surface area contributed by atoms with Gasteiger partial charge in [0.25, 0.3) is 0 Å². The summed E-state index contributed by atoms with van der Waals surface area (Å²) in [5, 5.41) is 59.5. The standard InChI is InChI=1S/C54H81N6O6/c1-16-22-25-34(19-4)49(61)55-43-28-37-40(31-46(43)58(64)52(7,8)9)38-29-44(56-50(62)35(20-5)26-23-17-2)48(60(66)54(13,14)15)33-42(38)39-30-45(57-51(63)36(21-6)27-24-18-3)47(32-41(37)39)59(65)53(10,11)12/h28-36H,16-27H2,1-15H3,(H,55,61)(H,56,62)(H,57,63). The van der Waals surface area contributed by atoms with Crippen molar-refractivity contribution in [2.45, 2.75) is 198 Å². The molecule has 0 fully saturated rings. The molecule has 4 rings (SSSR count). The van der Waals surface area contributed by atoms with E-state index in [1.165, 1.54) is 0 Å². The lowest BCUT2D eigenvalue weighted by Gasteiger charge is -2.33. The minimum atomic E-state index is -0.911. The molecule has 3 N–H and O–H groups in total. The number of carbonyl (C=O) groups excluding carboxylic acids is 3. The second-order valence-electron chi connectivity index (χ2n) is 21.4. The molecule has 0 bridgehead atoms. The molecule has 66 heavy (non-hydrogen) atoms. The van der Waals surface area contributed by atoms with Gasteiger partial charge in [0, 0.05) is 17.8 Å². The van der Waals surface area contributed by atoms with Gasteiger partial charge >= 0.3 is 0 Å². The first-order chi connectivity index (χ1) is 30.9. The molecule has 0 aliphatic carbocycles. The van der Waals surface area contributed by atoms with Gasteiger partial charge in [0.2, 0.25) is 17.7 Å². The zero-order chi connectivity index (χ0) is 49.5. The van der Waals surface area contributed by atoms with Crippen LogP contribution in [0.3, 0.4) is 0 Å². The second kappa shape index (κ2) is 22.4. The van der Waals surface area contributed by atoms with Crippen molar-refractivity contribution >= 4 is 84.2 Å². The van der Waals surface area contributed by atoms with Crippen molar-refractivity contribution in [3.63, 3.8) is 0 Å². The summed E-state index contributed by atoms with van der Waals surface area (Å²) < 4.78 is 0. The lowest BCUT2D eigenvalue weighted by molar-refractivity contribution is -0.121. The molecule has 0 aromatic heterocycles. The summed E-state index contributed by atoms with van der Waals surface area (Å²) in [5.74, 6) is -1.36. The van der Waals surface area contributed by atoms with Crippen molar-refractivity contribution in [1.29, 1.82) is 0 Å². The number of nitrogens with one attached hydrogen (secondary N) is 3. The fourth-order valence-electron chi connectivity index (χ4n) is 8.61. The summed E-state index contributed by atoms with van der Waals surface area (Å²) in [5.41, 5.74) is -1.01. The third-order valence-corrected chi connectivity index (χ3v) is 12.8. The van der Waals surface area contributed by atoms with Crippen LogP contribution in [0, 0.1) is 17.8 Å².